The second-order valence-corrected chi connectivity index (χ2v) is 6.56. The third-order valence-electron chi connectivity index (χ3n) is 4.73. The van der Waals surface area contributed by atoms with Crippen molar-refractivity contribution in [3.05, 3.63) is 95.6 Å². The van der Waals surface area contributed by atoms with Crippen molar-refractivity contribution in [3.8, 4) is 22.6 Å². The molecule has 4 heteroatoms. The number of carbonyl (C=O) groups is 1. The van der Waals surface area contributed by atoms with Gasteiger partial charge >= 0.3 is 5.97 Å². The fourth-order valence-electron chi connectivity index (χ4n) is 3.21. The van der Waals surface area contributed by atoms with Crippen molar-refractivity contribution in [3.63, 3.8) is 0 Å². The van der Waals surface area contributed by atoms with Crippen LogP contribution in [0.15, 0.2) is 84.4 Å². The lowest BCUT2D eigenvalue weighted by molar-refractivity contribution is -0.130. The SMILES string of the molecule is COc1ccc(C=C2C=C(c3ccc(-c4ccccc4)cc3)OC2=O)cc1OC. The third kappa shape index (κ3) is 3.92. The number of hydrogen-bond donors (Lipinski definition) is 0. The van der Waals surface area contributed by atoms with Gasteiger partial charge in [0, 0.05) is 5.56 Å². The van der Waals surface area contributed by atoms with Crippen LogP contribution in [0.25, 0.3) is 23.0 Å². The summed E-state index contributed by atoms with van der Waals surface area (Å²) in [6, 6.07) is 23.6. The number of rotatable bonds is 5. The minimum Gasteiger partial charge on any atom is -0.493 e. The van der Waals surface area contributed by atoms with Crippen molar-refractivity contribution < 1.29 is 19.0 Å². The maximum Gasteiger partial charge on any atom is 0.343 e. The van der Waals surface area contributed by atoms with Crippen molar-refractivity contribution >= 4 is 17.8 Å². The van der Waals surface area contributed by atoms with E-state index < -0.39 is 0 Å². The third-order valence-corrected chi connectivity index (χ3v) is 4.73. The molecule has 0 saturated carbocycles. The van der Waals surface area contributed by atoms with Crippen molar-refractivity contribution in [1.29, 1.82) is 0 Å². The molecular weight excluding hydrogens is 364 g/mol. The Kier molecular flexibility index (Phi) is 5.16. The molecule has 29 heavy (non-hydrogen) atoms. The van der Waals surface area contributed by atoms with Gasteiger partial charge in [0.1, 0.15) is 5.76 Å². The van der Waals surface area contributed by atoms with E-state index in [0.717, 1.165) is 22.3 Å². The average Bonchev–Trinajstić information content (AvgIpc) is 3.14. The lowest BCUT2D eigenvalue weighted by Crippen LogP contribution is -1.97. The van der Waals surface area contributed by atoms with Gasteiger partial charge < -0.3 is 14.2 Å². The Morgan fingerprint density at radius 3 is 2.10 bits per heavy atom. The number of ether oxygens (including phenoxy) is 3. The van der Waals surface area contributed by atoms with E-state index in [9.17, 15) is 4.79 Å². The molecule has 3 aromatic rings. The maximum absolute atomic E-state index is 12.3. The smallest absolute Gasteiger partial charge is 0.343 e. The second kappa shape index (κ2) is 8.07. The monoisotopic (exact) mass is 384 g/mol. The lowest BCUT2D eigenvalue weighted by atomic mass is 10.0. The van der Waals surface area contributed by atoms with Crippen LogP contribution in [-0.4, -0.2) is 20.2 Å². The van der Waals surface area contributed by atoms with Crippen LogP contribution in [0.4, 0.5) is 0 Å². The fourth-order valence-corrected chi connectivity index (χ4v) is 3.21. The van der Waals surface area contributed by atoms with E-state index in [4.69, 9.17) is 14.2 Å². The average molecular weight is 384 g/mol. The molecule has 4 nitrogen and oxygen atoms in total. The van der Waals surface area contributed by atoms with E-state index in [2.05, 4.69) is 12.1 Å². The zero-order valence-corrected chi connectivity index (χ0v) is 16.2. The first kappa shape index (κ1) is 18.6. The van der Waals surface area contributed by atoms with E-state index >= 15 is 0 Å². The summed E-state index contributed by atoms with van der Waals surface area (Å²) >= 11 is 0. The van der Waals surface area contributed by atoms with E-state index in [1.807, 2.05) is 54.6 Å². The number of cyclic esters (lactones) is 1. The molecule has 4 rings (SSSR count). The molecule has 0 aromatic heterocycles. The number of benzene rings is 3. The summed E-state index contributed by atoms with van der Waals surface area (Å²) in [4.78, 5) is 12.3. The van der Waals surface area contributed by atoms with Crippen LogP contribution in [0, 0.1) is 0 Å². The van der Waals surface area contributed by atoms with Gasteiger partial charge in [0.25, 0.3) is 0 Å². The quantitative estimate of drug-likeness (QED) is 0.439. The first-order valence-electron chi connectivity index (χ1n) is 9.21. The number of carbonyl (C=O) groups excluding carboxylic acids is 1. The first-order valence-corrected chi connectivity index (χ1v) is 9.21. The van der Waals surface area contributed by atoms with Crippen LogP contribution in [0.3, 0.4) is 0 Å². The zero-order valence-electron chi connectivity index (χ0n) is 16.2. The van der Waals surface area contributed by atoms with Gasteiger partial charge in [-0.2, -0.15) is 0 Å². The van der Waals surface area contributed by atoms with Crippen molar-refractivity contribution in [2.45, 2.75) is 0 Å². The Morgan fingerprint density at radius 2 is 1.41 bits per heavy atom. The van der Waals surface area contributed by atoms with Crippen LogP contribution in [0.5, 0.6) is 11.5 Å². The molecule has 0 N–H and O–H groups in total. The normalized spacial score (nSPS) is 14.5. The van der Waals surface area contributed by atoms with E-state index in [0.29, 0.717) is 22.8 Å². The van der Waals surface area contributed by atoms with Crippen LogP contribution in [0.1, 0.15) is 11.1 Å². The molecule has 0 unspecified atom stereocenters. The Bertz CT molecular complexity index is 1090. The van der Waals surface area contributed by atoms with Gasteiger partial charge in [-0.15, -0.1) is 0 Å². The van der Waals surface area contributed by atoms with Crippen LogP contribution >= 0.6 is 0 Å². The van der Waals surface area contributed by atoms with E-state index in [-0.39, 0.29) is 5.97 Å². The highest BCUT2D eigenvalue weighted by atomic mass is 16.5. The molecular formula is C25H20O4. The van der Waals surface area contributed by atoms with Gasteiger partial charge in [-0.25, -0.2) is 4.79 Å². The predicted molar refractivity (Wildman–Crippen MR) is 113 cm³/mol. The number of esters is 1. The van der Waals surface area contributed by atoms with Gasteiger partial charge in [0.2, 0.25) is 0 Å². The molecule has 0 saturated heterocycles. The molecule has 144 valence electrons. The minimum atomic E-state index is -0.373. The Balaban J connectivity index is 1.60. The van der Waals surface area contributed by atoms with Gasteiger partial charge in [-0.3, -0.25) is 0 Å². The molecule has 0 bridgehead atoms. The number of hydrogen-bond acceptors (Lipinski definition) is 4. The Labute approximate surface area is 169 Å². The molecule has 0 aliphatic carbocycles. The standard InChI is InChI=1S/C25H20O4/c1-27-22-13-8-17(15-24(22)28-2)14-21-16-23(29-25(21)26)20-11-9-19(10-12-20)18-6-4-3-5-7-18/h3-16H,1-2H3. The molecule has 0 amide bonds. The molecule has 0 atom stereocenters. The van der Waals surface area contributed by atoms with Crippen LogP contribution < -0.4 is 9.47 Å². The van der Waals surface area contributed by atoms with E-state index in [1.165, 1.54) is 0 Å². The summed E-state index contributed by atoms with van der Waals surface area (Å²) in [5.74, 6) is 1.41. The summed E-state index contributed by atoms with van der Waals surface area (Å²) in [7, 11) is 3.16. The molecule has 0 spiro atoms. The van der Waals surface area contributed by atoms with Crippen molar-refractivity contribution in [2.24, 2.45) is 0 Å². The highest BCUT2D eigenvalue weighted by Crippen LogP contribution is 2.32. The molecule has 1 heterocycles. The molecule has 0 fully saturated rings. The van der Waals surface area contributed by atoms with E-state index in [1.54, 1.807) is 32.4 Å². The van der Waals surface area contributed by atoms with Gasteiger partial charge in [-0.05, 0) is 41.0 Å². The fraction of sp³-hybridized carbons (Fsp3) is 0.0800. The Hall–Kier alpha value is -3.79. The summed E-state index contributed by atoms with van der Waals surface area (Å²) in [5.41, 5.74) is 4.42. The summed E-state index contributed by atoms with van der Waals surface area (Å²) in [5, 5.41) is 0. The maximum atomic E-state index is 12.3. The van der Waals surface area contributed by atoms with Crippen molar-refractivity contribution in [2.75, 3.05) is 14.2 Å². The Morgan fingerprint density at radius 1 is 0.759 bits per heavy atom. The molecule has 0 radical (unpaired) electrons. The topological polar surface area (TPSA) is 44.8 Å². The van der Waals surface area contributed by atoms with Crippen LogP contribution in [0.2, 0.25) is 0 Å². The highest BCUT2D eigenvalue weighted by molar-refractivity contribution is 6.05. The second-order valence-electron chi connectivity index (χ2n) is 6.56. The van der Waals surface area contributed by atoms with Gasteiger partial charge in [0.15, 0.2) is 11.5 Å². The number of methoxy groups -OCH3 is 2. The minimum absolute atomic E-state index is 0.373. The van der Waals surface area contributed by atoms with Crippen molar-refractivity contribution in [1.82, 2.24) is 0 Å². The molecule has 3 aromatic carbocycles. The van der Waals surface area contributed by atoms with Crippen LogP contribution in [-0.2, 0) is 9.53 Å². The predicted octanol–water partition coefficient (Wildman–Crippen LogP) is 5.35. The largest absolute Gasteiger partial charge is 0.493 e. The zero-order chi connectivity index (χ0) is 20.2. The summed E-state index contributed by atoms with van der Waals surface area (Å²) in [6.45, 7) is 0. The summed E-state index contributed by atoms with van der Waals surface area (Å²) < 4.78 is 16.0. The highest BCUT2D eigenvalue weighted by Gasteiger charge is 2.22. The molecule has 1 aliphatic rings. The molecule has 1 aliphatic heterocycles. The van der Waals surface area contributed by atoms with Gasteiger partial charge in [0.05, 0.1) is 19.8 Å². The summed E-state index contributed by atoms with van der Waals surface area (Å²) in [6.07, 6.45) is 3.53. The first-order chi connectivity index (χ1) is 14.2. The lowest BCUT2D eigenvalue weighted by Gasteiger charge is -2.07. The van der Waals surface area contributed by atoms with Gasteiger partial charge in [-0.1, -0.05) is 60.7 Å².